The smallest absolute Gasteiger partial charge is 0.321 e. The fourth-order valence-electron chi connectivity index (χ4n) is 3.67. The van der Waals surface area contributed by atoms with Gasteiger partial charge in [0.05, 0.1) is 10.2 Å². The molecule has 0 saturated carbocycles. The Balaban J connectivity index is 1.64. The predicted molar refractivity (Wildman–Crippen MR) is 96.1 cm³/mol. The molecular formula is C17H24N4OS. The number of benzene rings is 1. The molecule has 1 aromatic carbocycles. The van der Waals surface area contributed by atoms with Gasteiger partial charge in [0.2, 0.25) is 0 Å². The number of carbonyl (C=O) groups is 1. The first-order valence-corrected chi connectivity index (χ1v) is 8.77. The van der Waals surface area contributed by atoms with Crippen LogP contribution in [0.3, 0.4) is 0 Å². The van der Waals surface area contributed by atoms with Crippen LogP contribution in [0.25, 0.3) is 10.2 Å². The molecule has 23 heavy (non-hydrogen) atoms. The highest BCUT2D eigenvalue weighted by Gasteiger charge is 2.38. The summed E-state index contributed by atoms with van der Waals surface area (Å²) in [6, 6.07) is 7.85. The van der Waals surface area contributed by atoms with Crippen LogP contribution in [0.15, 0.2) is 24.3 Å². The normalized spacial score (nSPS) is 20.3. The Morgan fingerprint density at radius 3 is 2.52 bits per heavy atom. The van der Waals surface area contributed by atoms with Crippen LogP contribution >= 0.6 is 11.3 Å². The zero-order valence-electron chi connectivity index (χ0n) is 14.1. The second-order valence-corrected chi connectivity index (χ2v) is 8.61. The maximum absolute atomic E-state index is 12.3. The van der Waals surface area contributed by atoms with Gasteiger partial charge in [0.1, 0.15) is 0 Å². The van der Waals surface area contributed by atoms with Gasteiger partial charge >= 0.3 is 6.03 Å². The van der Waals surface area contributed by atoms with E-state index >= 15 is 0 Å². The summed E-state index contributed by atoms with van der Waals surface area (Å²) in [5.74, 6) is 0. The molecule has 0 radical (unpaired) electrons. The van der Waals surface area contributed by atoms with Crippen molar-refractivity contribution in [1.29, 1.82) is 0 Å². The van der Waals surface area contributed by atoms with Gasteiger partial charge in [0.15, 0.2) is 5.13 Å². The number of nitrogens with one attached hydrogen (secondary N) is 3. The summed E-state index contributed by atoms with van der Waals surface area (Å²) in [5.41, 5.74) is 0.933. The molecule has 2 amide bonds. The van der Waals surface area contributed by atoms with Crippen molar-refractivity contribution in [3.05, 3.63) is 24.3 Å². The molecule has 1 fully saturated rings. The fraction of sp³-hybridized carbons (Fsp3) is 0.529. The molecule has 124 valence electrons. The molecule has 0 aliphatic carbocycles. The van der Waals surface area contributed by atoms with Crippen LogP contribution in [0.1, 0.15) is 40.5 Å². The van der Waals surface area contributed by atoms with E-state index < -0.39 is 0 Å². The van der Waals surface area contributed by atoms with Crippen LogP contribution in [0.4, 0.5) is 9.93 Å². The predicted octanol–water partition coefficient (Wildman–Crippen LogP) is 3.73. The zero-order valence-corrected chi connectivity index (χ0v) is 14.9. The maximum atomic E-state index is 12.3. The monoisotopic (exact) mass is 332 g/mol. The SMILES string of the molecule is CC1(C)CC(NC(=O)Nc2nc3ccccc3s2)CC(C)(C)N1. The average molecular weight is 332 g/mol. The van der Waals surface area contributed by atoms with Crippen LogP contribution in [0.5, 0.6) is 0 Å². The van der Waals surface area contributed by atoms with E-state index in [1.807, 2.05) is 24.3 Å². The van der Waals surface area contributed by atoms with Gasteiger partial charge in [-0.25, -0.2) is 9.78 Å². The van der Waals surface area contributed by atoms with Crippen molar-refractivity contribution in [2.75, 3.05) is 5.32 Å². The van der Waals surface area contributed by atoms with Crippen LogP contribution in [-0.2, 0) is 0 Å². The van der Waals surface area contributed by atoms with Crippen molar-refractivity contribution in [3.63, 3.8) is 0 Å². The number of aromatic nitrogens is 1. The quantitative estimate of drug-likeness (QED) is 0.785. The average Bonchev–Trinajstić information content (AvgIpc) is 2.76. The molecule has 2 aromatic rings. The van der Waals surface area contributed by atoms with E-state index in [4.69, 9.17) is 0 Å². The molecule has 0 atom stereocenters. The number of rotatable bonds is 2. The lowest BCUT2D eigenvalue weighted by Gasteiger charge is -2.46. The van der Waals surface area contributed by atoms with Crippen LogP contribution in [0, 0.1) is 0 Å². The number of para-hydroxylation sites is 1. The topological polar surface area (TPSA) is 66.0 Å². The van der Waals surface area contributed by atoms with Crippen molar-refractivity contribution in [3.8, 4) is 0 Å². The first-order chi connectivity index (χ1) is 10.7. The molecule has 5 nitrogen and oxygen atoms in total. The number of amides is 2. The summed E-state index contributed by atoms with van der Waals surface area (Å²) in [5, 5.41) is 10.2. The molecular weight excluding hydrogens is 308 g/mol. The van der Waals surface area contributed by atoms with E-state index in [0.717, 1.165) is 23.1 Å². The van der Waals surface area contributed by atoms with E-state index in [9.17, 15) is 4.79 Å². The van der Waals surface area contributed by atoms with Gasteiger partial charge in [0.25, 0.3) is 0 Å². The third-order valence-electron chi connectivity index (χ3n) is 4.04. The van der Waals surface area contributed by atoms with Crippen molar-refractivity contribution in [2.45, 2.75) is 57.7 Å². The van der Waals surface area contributed by atoms with E-state index in [-0.39, 0.29) is 23.2 Å². The van der Waals surface area contributed by atoms with Gasteiger partial charge in [0, 0.05) is 17.1 Å². The van der Waals surface area contributed by atoms with Gasteiger partial charge in [-0.15, -0.1) is 0 Å². The summed E-state index contributed by atoms with van der Waals surface area (Å²) >= 11 is 1.49. The van der Waals surface area contributed by atoms with Gasteiger partial charge in [-0.05, 0) is 52.7 Å². The Morgan fingerprint density at radius 1 is 1.22 bits per heavy atom. The van der Waals surface area contributed by atoms with Crippen molar-refractivity contribution in [2.24, 2.45) is 0 Å². The highest BCUT2D eigenvalue weighted by molar-refractivity contribution is 7.22. The number of hydrogen-bond donors (Lipinski definition) is 3. The molecule has 0 unspecified atom stereocenters. The highest BCUT2D eigenvalue weighted by atomic mass is 32.1. The number of fused-ring (bicyclic) bond motifs is 1. The van der Waals surface area contributed by atoms with Crippen molar-refractivity contribution < 1.29 is 4.79 Å². The highest BCUT2D eigenvalue weighted by Crippen LogP contribution is 2.29. The number of urea groups is 1. The summed E-state index contributed by atoms with van der Waals surface area (Å²) in [6.07, 6.45) is 1.81. The van der Waals surface area contributed by atoms with E-state index in [1.54, 1.807) is 0 Å². The van der Waals surface area contributed by atoms with Crippen LogP contribution in [0.2, 0.25) is 0 Å². The molecule has 1 aliphatic rings. The molecule has 3 N–H and O–H groups in total. The van der Waals surface area contributed by atoms with Crippen molar-refractivity contribution in [1.82, 2.24) is 15.6 Å². The molecule has 2 heterocycles. The van der Waals surface area contributed by atoms with E-state index in [0.29, 0.717) is 5.13 Å². The second-order valence-electron chi connectivity index (χ2n) is 7.58. The minimum atomic E-state index is -0.178. The van der Waals surface area contributed by atoms with Gasteiger partial charge in [-0.2, -0.15) is 0 Å². The summed E-state index contributed by atoms with van der Waals surface area (Å²) in [4.78, 5) is 16.7. The lowest BCUT2D eigenvalue weighted by atomic mass is 9.80. The minimum absolute atomic E-state index is 0.00948. The standard InChI is InChI=1S/C17H24N4OS/c1-16(2)9-11(10-17(3,4)21-16)18-14(22)20-15-19-12-7-5-6-8-13(12)23-15/h5-8,11,21H,9-10H2,1-4H3,(H2,18,19,20,22). The van der Waals surface area contributed by atoms with Gasteiger partial charge in [-0.1, -0.05) is 23.5 Å². The summed E-state index contributed by atoms with van der Waals surface area (Å²) in [7, 11) is 0. The first kappa shape index (κ1) is 16.2. The van der Waals surface area contributed by atoms with Crippen molar-refractivity contribution >= 4 is 32.7 Å². The van der Waals surface area contributed by atoms with E-state index in [2.05, 4.69) is 48.6 Å². The number of anilines is 1. The Bertz CT molecular complexity index is 673. The van der Waals surface area contributed by atoms with Crippen LogP contribution < -0.4 is 16.0 Å². The number of hydrogen-bond acceptors (Lipinski definition) is 4. The Hall–Kier alpha value is -1.66. The van der Waals surface area contributed by atoms with E-state index in [1.165, 1.54) is 11.3 Å². The molecule has 1 aliphatic heterocycles. The number of nitrogens with zero attached hydrogens (tertiary/aromatic N) is 1. The summed E-state index contributed by atoms with van der Waals surface area (Å²) < 4.78 is 1.08. The third-order valence-corrected chi connectivity index (χ3v) is 4.99. The van der Waals surface area contributed by atoms with Crippen LogP contribution in [-0.4, -0.2) is 28.1 Å². The minimum Gasteiger partial charge on any atom is -0.335 e. The fourth-order valence-corrected chi connectivity index (χ4v) is 4.53. The Labute approximate surface area is 140 Å². The molecule has 1 aromatic heterocycles. The molecule has 6 heteroatoms. The Kier molecular flexibility index (Phi) is 4.06. The largest absolute Gasteiger partial charge is 0.335 e. The molecule has 0 spiro atoms. The lowest BCUT2D eigenvalue weighted by molar-refractivity contribution is 0.149. The Morgan fingerprint density at radius 2 is 1.87 bits per heavy atom. The summed E-state index contributed by atoms with van der Waals surface area (Å²) in [6.45, 7) is 8.70. The third kappa shape index (κ3) is 4.00. The first-order valence-electron chi connectivity index (χ1n) is 7.95. The molecule has 0 bridgehead atoms. The number of thiazole rings is 1. The second kappa shape index (κ2) is 5.76. The number of carbonyl (C=O) groups excluding carboxylic acids is 1. The number of piperidine rings is 1. The molecule has 1 saturated heterocycles. The lowest BCUT2D eigenvalue weighted by Crippen LogP contribution is -2.62. The zero-order chi connectivity index (χ0) is 16.7. The van der Waals surface area contributed by atoms with Gasteiger partial charge < -0.3 is 10.6 Å². The van der Waals surface area contributed by atoms with Gasteiger partial charge in [-0.3, -0.25) is 5.32 Å². The maximum Gasteiger partial charge on any atom is 0.321 e. The molecule has 3 rings (SSSR count).